The summed E-state index contributed by atoms with van der Waals surface area (Å²) in [7, 11) is 4.68. The molecule has 162 valence electrons. The molecular weight excluding hydrogens is 416 g/mol. The highest BCUT2D eigenvalue weighted by molar-refractivity contribution is 7.11. The second-order valence-corrected chi connectivity index (χ2v) is 8.02. The quantitative estimate of drug-likeness (QED) is 0.569. The molecule has 2 aromatic carbocycles. The van der Waals surface area contributed by atoms with Crippen LogP contribution in [0.5, 0.6) is 11.5 Å². The smallest absolute Gasteiger partial charge is 0.322 e. The Balaban J connectivity index is 1.77. The lowest BCUT2D eigenvalue weighted by Gasteiger charge is -2.20. The average molecular weight is 441 g/mol. The molecule has 3 rings (SSSR count). The summed E-state index contributed by atoms with van der Waals surface area (Å²) in [4.78, 5) is 31.9. The van der Waals surface area contributed by atoms with Gasteiger partial charge in [-0.3, -0.25) is 4.79 Å². The molecule has 0 bridgehead atoms. The Morgan fingerprint density at radius 1 is 1.03 bits per heavy atom. The van der Waals surface area contributed by atoms with Gasteiger partial charge in [0.15, 0.2) is 0 Å². The number of carbonyl (C=O) groups excluding carboxylic acids is 2. The molecular formula is C22H24N4O4S. The maximum Gasteiger partial charge on any atom is 0.322 e. The normalized spacial score (nSPS) is 10.3. The van der Waals surface area contributed by atoms with Crippen LogP contribution >= 0.6 is 11.3 Å². The first-order valence-electron chi connectivity index (χ1n) is 9.47. The van der Waals surface area contributed by atoms with Crippen molar-refractivity contribution < 1.29 is 19.1 Å². The molecule has 0 spiro atoms. The van der Waals surface area contributed by atoms with E-state index in [0.29, 0.717) is 35.0 Å². The average Bonchev–Trinajstić information content (AvgIpc) is 3.19. The molecule has 0 unspecified atom stereocenters. The standard InChI is InChI=1S/C22H24N4O4S/c1-14-23-12-16(31-14)13-26(2)22(28)25-18-11-19(29-3)17(10-20(18)30-4)24-21(27)15-8-6-5-7-9-15/h5-12H,13H2,1-4H3,(H,24,27)(H,25,28). The van der Waals surface area contributed by atoms with E-state index in [1.54, 1.807) is 65.9 Å². The lowest BCUT2D eigenvalue weighted by molar-refractivity contribution is 0.102. The first-order chi connectivity index (χ1) is 14.9. The van der Waals surface area contributed by atoms with Crippen molar-refractivity contribution in [1.82, 2.24) is 9.88 Å². The molecule has 9 heteroatoms. The summed E-state index contributed by atoms with van der Waals surface area (Å²) in [6.07, 6.45) is 1.76. The maximum atomic E-state index is 12.7. The maximum absolute atomic E-state index is 12.7. The van der Waals surface area contributed by atoms with Crippen LogP contribution in [0, 0.1) is 6.92 Å². The van der Waals surface area contributed by atoms with Gasteiger partial charge >= 0.3 is 6.03 Å². The molecule has 0 aliphatic heterocycles. The third-order valence-corrected chi connectivity index (χ3v) is 5.35. The summed E-state index contributed by atoms with van der Waals surface area (Å²) < 4.78 is 10.8. The minimum atomic E-state index is -0.313. The largest absolute Gasteiger partial charge is 0.494 e. The van der Waals surface area contributed by atoms with E-state index < -0.39 is 0 Å². The zero-order chi connectivity index (χ0) is 22.4. The highest BCUT2D eigenvalue weighted by Gasteiger charge is 2.18. The number of nitrogens with one attached hydrogen (secondary N) is 2. The number of anilines is 2. The summed E-state index contributed by atoms with van der Waals surface area (Å²) in [6, 6.07) is 11.8. The minimum absolute atomic E-state index is 0.280. The van der Waals surface area contributed by atoms with E-state index in [1.165, 1.54) is 14.2 Å². The molecule has 0 atom stereocenters. The first-order valence-corrected chi connectivity index (χ1v) is 10.3. The van der Waals surface area contributed by atoms with Crippen molar-refractivity contribution in [2.75, 3.05) is 31.9 Å². The van der Waals surface area contributed by atoms with Gasteiger partial charge in [0.2, 0.25) is 0 Å². The molecule has 1 aromatic heterocycles. The van der Waals surface area contributed by atoms with Gasteiger partial charge in [-0.05, 0) is 19.1 Å². The fourth-order valence-electron chi connectivity index (χ4n) is 2.87. The summed E-state index contributed by atoms with van der Waals surface area (Å²) in [5.74, 6) is 0.498. The number of benzene rings is 2. The Hall–Kier alpha value is -3.59. The number of rotatable bonds is 7. The Kier molecular flexibility index (Phi) is 7.09. The number of methoxy groups -OCH3 is 2. The summed E-state index contributed by atoms with van der Waals surface area (Å²) in [5, 5.41) is 6.59. The van der Waals surface area contributed by atoms with Crippen LogP contribution in [-0.2, 0) is 6.54 Å². The lowest BCUT2D eigenvalue weighted by Crippen LogP contribution is -2.30. The van der Waals surface area contributed by atoms with Gasteiger partial charge in [0.25, 0.3) is 5.91 Å². The topological polar surface area (TPSA) is 92.8 Å². The van der Waals surface area contributed by atoms with Gasteiger partial charge in [-0.15, -0.1) is 11.3 Å². The summed E-state index contributed by atoms with van der Waals surface area (Å²) >= 11 is 1.54. The fourth-order valence-corrected chi connectivity index (χ4v) is 3.72. The molecule has 8 nitrogen and oxygen atoms in total. The number of hydrogen-bond acceptors (Lipinski definition) is 6. The lowest BCUT2D eigenvalue weighted by atomic mass is 10.2. The monoisotopic (exact) mass is 440 g/mol. The van der Waals surface area contributed by atoms with Crippen molar-refractivity contribution in [2.45, 2.75) is 13.5 Å². The molecule has 0 fully saturated rings. The molecule has 2 N–H and O–H groups in total. The van der Waals surface area contributed by atoms with Crippen molar-refractivity contribution in [1.29, 1.82) is 0 Å². The van der Waals surface area contributed by atoms with Crippen LogP contribution in [0.2, 0.25) is 0 Å². The van der Waals surface area contributed by atoms with E-state index in [-0.39, 0.29) is 11.9 Å². The Labute approximate surface area is 184 Å². The van der Waals surface area contributed by atoms with Gasteiger partial charge in [0.1, 0.15) is 11.5 Å². The predicted molar refractivity (Wildman–Crippen MR) is 121 cm³/mol. The van der Waals surface area contributed by atoms with Gasteiger partial charge in [0, 0.05) is 35.8 Å². The van der Waals surface area contributed by atoms with Crippen molar-refractivity contribution in [3.05, 3.63) is 64.1 Å². The number of aromatic nitrogens is 1. The number of hydrogen-bond donors (Lipinski definition) is 2. The highest BCUT2D eigenvalue weighted by Crippen LogP contribution is 2.37. The summed E-state index contributed by atoms with van der Waals surface area (Å²) in [6.45, 7) is 2.35. The molecule has 0 saturated heterocycles. The number of thiazole rings is 1. The Bertz CT molecular complexity index is 1070. The predicted octanol–water partition coefficient (Wildman–Crippen LogP) is 4.38. The number of urea groups is 1. The van der Waals surface area contributed by atoms with Gasteiger partial charge in [-0.2, -0.15) is 0 Å². The third-order valence-electron chi connectivity index (χ3n) is 4.46. The van der Waals surface area contributed by atoms with Crippen LogP contribution in [0.15, 0.2) is 48.7 Å². The van der Waals surface area contributed by atoms with E-state index in [2.05, 4.69) is 15.6 Å². The van der Waals surface area contributed by atoms with Crippen molar-refractivity contribution in [3.8, 4) is 11.5 Å². The van der Waals surface area contributed by atoms with E-state index in [9.17, 15) is 9.59 Å². The van der Waals surface area contributed by atoms with Gasteiger partial charge in [-0.25, -0.2) is 9.78 Å². The molecule has 3 aromatic rings. The molecule has 0 aliphatic rings. The molecule has 0 aliphatic carbocycles. The van der Waals surface area contributed by atoms with E-state index in [0.717, 1.165) is 9.88 Å². The van der Waals surface area contributed by atoms with Crippen molar-refractivity contribution in [3.63, 3.8) is 0 Å². The zero-order valence-corrected chi connectivity index (χ0v) is 18.6. The number of amides is 3. The number of carbonyl (C=O) groups is 2. The second-order valence-electron chi connectivity index (χ2n) is 6.70. The van der Waals surface area contributed by atoms with Crippen molar-refractivity contribution >= 4 is 34.6 Å². The number of aryl methyl sites for hydroxylation is 1. The minimum Gasteiger partial charge on any atom is -0.494 e. The van der Waals surface area contributed by atoms with E-state index >= 15 is 0 Å². The van der Waals surface area contributed by atoms with Crippen LogP contribution in [0.25, 0.3) is 0 Å². The van der Waals surface area contributed by atoms with Crippen LogP contribution < -0.4 is 20.1 Å². The summed E-state index contributed by atoms with van der Waals surface area (Å²) in [5.41, 5.74) is 1.37. The SMILES string of the molecule is COc1cc(NC(=O)N(C)Cc2cnc(C)s2)c(OC)cc1NC(=O)c1ccccc1. The van der Waals surface area contributed by atoms with Gasteiger partial charge in [-0.1, -0.05) is 18.2 Å². The third kappa shape index (κ3) is 5.52. The zero-order valence-electron chi connectivity index (χ0n) is 17.8. The Morgan fingerprint density at radius 3 is 2.19 bits per heavy atom. The second kappa shape index (κ2) is 9.94. The molecule has 31 heavy (non-hydrogen) atoms. The Morgan fingerprint density at radius 2 is 1.65 bits per heavy atom. The van der Waals surface area contributed by atoms with Crippen molar-refractivity contribution in [2.24, 2.45) is 0 Å². The highest BCUT2D eigenvalue weighted by atomic mass is 32.1. The van der Waals surface area contributed by atoms with E-state index in [4.69, 9.17) is 9.47 Å². The number of nitrogens with zero attached hydrogens (tertiary/aromatic N) is 2. The van der Waals surface area contributed by atoms with Crippen LogP contribution in [0.4, 0.5) is 16.2 Å². The van der Waals surface area contributed by atoms with Crippen LogP contribution in [0.1, 0.15) is 20.2 Å². The fraction of sp³-hybridized carbons (Fsp3) is 0.227. The molecule has 3 amide bonds. The van der Waals surface area contributed by atoms with E-state index in [1.807, 2.05) is 13.0 Å². The molecule has 0 radical (unpaired) electrons. The van der Waals surface area contributed by atoms with Gasteiger partial charge in [0.05, 0.1) is 37.1 Å². The van der Waals surface area contributed by atoms with Crippen LogP contribution in [0.3, 0.4) is 0 Å². The molecule has 0 saturated carbocycles. The van der Waals surface area contributed by atoms with Gasteiger partial charge < -0.3 is 25.0 Å². The first kappa shape index (κ1) is 22.1. The number of ether oxygens (including phenoxy) is 2. The molecule has 1 heterocycles. The van der Waals surface area contributed by atoms with Crippen LogP contribution in [-0.4, -0.2) is 43.1 Å².